The van der Waals surface area contributed by atoms with Crippen LogP contribution in [0.5, 0.6) is 11.5 Å². The molecule has 1 aromatic carbocycles. The van der Waals surface area contributed by atoms with Crippen molar-refractivity contribution in [2.24, 2.45) is 5.92 Å². The number of nitrogens with zero attached hydrogens (tertiary/aromatic N) is 2. The van der Waals surface area contributed by atoms with Gasteiger partial charge >= 0.3 is 6.03 Å². The van der Waals surface area contributed by atoms with E-state index >= 15 is 0 Å². The van der Waals surface area contributed by atoms with Gasteiger partial charge in [0.2, 0.25) is 5.91 Å². The van der Waals surface area contributed by atoms with Crippen molar-refractivity contribution < 1.29 is 19.1 Å². The van der Waals surface area contributed by atoms with Crippen molar-refractivity contribution in [1.29, 1.82) is 0 Å². The van der Waals surface area contributed by atoms with Gasteiger partial charge in [-0.1, -0.05) is 6.07 Å². The Balaban J connectivity index is 1.46. The van der Waals surface area contributed by atoms with E-state index in [1.165, 1.54) is 0 Å². The molecule has 0 aliphatic carbocycles. The number of hydrogen-bond acceptors (Lipinski definition) is 4. The minimum atomic E-state index is -0.0345. The number of rotatable bonds is 5. The smallest absolute Gasteiger partial charge is 0.319 e. The average Bonchev–Trinajstić information content (AvgIpc) is 3.26. The molecule has 2 heterocycles. The third-order valence-corrected chi connectivity index (χ3v) is 5.43. The predicted molar refractivity (Wildman–Crippen MR) is 102 cm³/mol. The molecule has 1 aromatic rings. The Labute approximate surface area is 160 Å². The van der Waals surface area contributed by atoms with E-state index in [2.05, 4.69) is 5.32 Å². The fraction of sp³-hybridized carbons (Fsp3) is 0.600. The molecule has 2 saturated heterocycles. The Hall–Kier alpha value is -2.44. The lowest BCUT2D eigenvalue weighted by Crippen LogP contribution is -2.47. The Morgan fingerprint density at radius 2 is 1.63 bits per heavy atom. The van der Waals surface area contributed by atoms with Crippen molar-refractivity contribution in [3.8, 4) is 11.5 Å². The minimum absolute atomic E-state index is 0.0345. The van der Waals surface area contributed by atoms with Crippen molar-refractivity contribution >= 4 is 11.9 Å². The van der Waals surface area contributed by atoms with Crippen molar-refractivity contribution in [3.63, 3.8) is 0 Å². The number of ether oxygens (including phenoxy) is 2. The van der Waals surface area contributed by atoms with E-state index in [1.54, 1.807) is 14.2 Å². The van der Waals surface area contributed by atoms with Gasteiger partial charge in [-0.05, 0) is 43.4 Å². The molecule has 2 aliphatic rings. The fourth-order valence-electron chi connectivity index (χ4n) is 3.77. The number of hydrogen-bond donors (Lipinski definition) is 1. The first-order valence-corrected chi connectivity index (χ1v) is 9.65. The van der Waals surface area contributed by atoms with Crippen molar-refractivity contribution in [2.75, 3.05) is 40.4 Å². The lowest BCUT2D eigenvalue weighted by molar-refractivity contribution is -0.126. The van der Waals surface area contributed by atoms with Gasteiger partial charge in [0.05, 0.1) is 14.2 Å². The monoisotopic (exact) mass is 375 g/mol. The van der Waals surface area contributed by atoms with Gasteiger partial charge in [0, 0.05) is 38.6 Å². The van der Waals surface area contributed by atoms with E-state index in [1.807, 2.05) is 28.0 Å². The molecule has 148 valence electrons. The highest BCUT2D eigenvalue weighted by molar-refractivity contribution is 5.79. The van der Waals surface area contributed by atoms with Crippen LogP contribution in [0.2, 0.25) is 0 Å². The van der Waals surface area contributed by atoms with Crippen LogP contribution in [-0.2, 0) is 11.3 Å². The lowest BCUT2D eigenvalue weighted by Gasteiger charge is -2.34. The summed E-state index contributed by atoms with van der Waals surface area (Å²) < 4.78 is 10.5. The number of likely N-dealkylation sites (tertiary alicyclic amines) is 2. The molecule has 0 bridgehead atoms. The van der Waals surface area contributed by atoms with E-state index in [0.717, 1.165) is 44.3 Å². The van der Waals surface area contributed by atoms with Crippen molar-refractivity contribution in [1.82, 2.24) is 15.1 Å². The van der Waals surface area contributed by atoms with Crippen LogP contribution in [0, 0.1) is 5.92 Å². The maximum absolute atomic E-state index is 12.5. The van der Waals surface area contributed by atoms with Crippen molar-refractivity contribution in [2.45, 2.75) is 32.2 Å². The van der Waals surface area contributed by atoms with Gasteiger partial charge in [-0.3, -0.25) is 4.79 Å². The van der Waals surface area contributed by atoms with Gasteiger partial charge in [0.25, 0.3) is 0 Å². The first kappa shape index (κ1) is 19.3. The molecule has 3 rings (SSSR count). The number of benzene rings is 1. The van der Waals surface area contributed by atoms with Crippen LogP contribution in [0.15, 0.2) is 18.2 Å². The number of amides is 3. The number of nitrogens with one attached hydrogen (secondary N) is 1. The summed E-state index contributed by atoms with van der Waals surface area (Å²) in [5, 5.41) is 3.01. The van der Waals surface area contributed by atoms with Gasteiger partial charge in [-0.2, -0.15) is 0 Å². The first-order chi connectivity index (χ1) is 13.1. The van der Waals surface area contributed by atoms with Gasteiger partial charge in [0.15, 0.2) is 11.5 Å². The molecular weight excluding hydrogens is 346 g/mol. The van der Waals surface area contributed by atoms with Crippen LogP contribution >= 0.6 is 0 Å². The Morgan fingerprint density at radius 3 is 2.26 bits per heavy atom. The normalized spacial score (nSPS) is 17.7. The van der Waals surface area contributed by atoms with Gasteiger partial charge in [-0.25, -0.2) is 4.79 Å². The molecule has 0 atom stereocenters. The van der Waals surface area contributed by atoms with Crippen LogP contribution < -0.4 is 14.8 Å². The van der Waals surface area contributed by atoms with E-state index in [9.17, 15) is 9.59 Å². The zero-order valence-corrected chi connectivity index (χ0v) is 16.2. The molecule has 0 radical (unpaired) electrons. The van der Waals surface area contributed by atoms with Crippen LogP contribution in [-0.4, -0.2) is 62.1 Å². The quantitative estimate of drug-likeness (QED) is 0.857. The third kappa shape index (κ3) is 4.64. The lowest BCUT2D eigenvalue weighted by atomic mass is 9.96. The zero-order chi connectivity index (χ0) is 19.2. The topological polar surface area (TPSA) is 71.1 Å². The molecule has 27 heavy (non-hydrogen) atoms. The van der Waals surface area contributed by atoms with E-state index in [0.29, 0.717) is 31.1 Å². The second-order valence-electron chi connectivity index (χ2n) is 7.15. The summed E-state index contributed by atoms with van der Waals surface area (Å²) in [6.07, 6.45) is 3.64. The van der Waals surface area contributed by atoms with Gasteiger partial charge in [-0.15, -0.1) is 0 Å². The molecule has 7 nitrogen and oxygen atoms in total. The first-order valence-electron chi connectivity index (χ1n) is 9.65. The molecule has 0 aromatic heterocycles. The van der Waals surface area contributed by atoms with Crippen LogP contribution in [0.4, 0.5) is 4.79 Å². The molecule has 2 aliphatic heterocycles. The summed E-state index contributed by atoms with van der Waals surface area (Å²) in [5.74, 6) is 1.34. The Bertz CT molecular complexity index is 665. The number of methoxy groups -OCH3 is 2. The third-order valence-electron chi connectivity index (χ3n) is 5.43. The number of piperidine rings is 1. The van der Waals surface area contributed by atoms with Crippen molar-refractivity contribution in [3.05, 3.63) is 23.8 Å². The van der Waals surface area contributed by atoms with Crippen LogP contribution in [0.1, 0.15) is 31.2 Å². The molecule has 3 amide bonds. The summed E-state index contributed by atoms with van der Waals surface area (Å²) in [6, 6.07) is 5.76. The molecule has 2 fully saturated rings. The SMILES string of the molecule is COc1ccc(CNC(=O)C2CCN(C(=O)N3CCCC3)CC2)cc1OC. The zero-order valence-electron chi connectivity index (χ0n) is 16.2. The maximum Gasteiger partial charge on any atom is 0.319 e. The minimum Gasteiger partial charge on any atom is -0.493 e. The molecule has 0 saturated carbocycles. The highest BCUT2D eigenvalue weighted by Gasteiger charge is 2.30. The maximum atomic E-state index is 12.5. The molecule has 0 unspecified atom stereocenters. The van der Waals surface area contributed by atoms with E-state index in [4.69, 9.17) is 9.47 Å². The van der Waals surface area contributed by atoms with Gasteiger partial charge < -0.3 is 24.6 Å². The summed E-state index contributed by atoms with van der Waals surface area (Å²) in [6.45, 7) is 3.49. The van der Waals surface area contributed by atoms with E-state index in [-0.39, 0.29) is 17.9 Å². The summed E-state index contributed by atoms with van der Waals surface area (Å²) in [5.41, 5.74) is 0.961. The Kier molecular flexibility index (Phi) is 6.42. The molecule has 0 spiro atoms. The number of urea groups is 1. The number of carbonyl (C=O) groups is 2. The van der Waals surface area contributed by atoms with E-state index < -0.39 is 0 Å². The van der Waals surface area contributed by atoms with Crippen LogP contribution in [0.3, 0.4) is 0 Å². The second kappa shape index (κ2) is 8.97. The molecule has 7 heteroatoms. The highest BCUT2D eigenvalue weighted by atomic mass is 16.5. The predicted octanol–water partition coefficient (Wildman–Crippen LogP) is 2.25. The second-order valence-corrected chi connectivity index (χ2v) is 7.15. The summed E-state index contributed by atoms with van der Waals surface area (Å²) in [7, 11) is 3.19. The van der Waals surface area contributed by atoms with Crippen LogP contribution in [0.25, 0.3) is 0 Å². The molecular formula is C20H29N3O4. The highest BCUT2D eigenvalue weighted by Crippen LogP contribution is 2.27. The molecule has 1 N–H and O–H groups in total. The standard InChI is InChI=1S/C20H29N3O4/c1-26-17-6-5-15(13-18(17)27-2)14-21-19(24)16-7-11-23(12-8-16)20(25)22-9-3-4-10-22/h5-6,13,16H,3-4,7-12,14H2,1-2H3,(H,21,24). The number of carbonyl (C=O) groups excluding carboxylic acids is 2. The largest absolute Gasteiger partial charge is 0.493 e. The average molecular weight is 375 g/mol. The summed E-state index contributed by atoms with van der Waals surface area (Å²) >= 11 is 0. The Morgan fingerprint density at radius 1 is 1.00 bits per heavy atom. The summed E-state index contributed by atoms with van der Waals surface area (Å²) in [4.78, 5) is 28.8. The fourth-order valence-corrected chi connectivity index (χ4v) is 3.77. The van der Waals surface area contributed by atoms with Gasteiger partial charge in [0.1, 0.15) is 0 Å².